The summed E-state index contributed by atoms with van der Waals surface area (Å²) in [6.07, 6.45) is 3.77. The maximum Gasteiger partial charge on any atom is 0.0216 e. The molecule has 0 radical (unpaired) electrons. The molecule has 0 bridgehead atoms. The molecule has 0 amide bonds. The highest BCUT2D eigenvalue weighted by Gasteiger charge is 2.18. The lowest BCUT2D eigenvalue weighted by molar-refractivity contribution is 0.177. The molecule has 0 aromatic rings. The van der Waals surface area contributed by atoms with Crippen molar-refractivity contribution in [3.63, 3.8) is 0 Å². The smallest absolute Gasteiger partial charge is 0.0216 e. The molecule has 1 atom stereocenters. The lowest BCUT2D eigenvalue weighted by Gasteiger charge is -2.32. The quantitative estimate of drug-likeness (QED) is 0.679. The predicted octanol–water partition coefficient (Wildman–Crippen LogP) is 1.33. The van der Waals surface area contributed by atoms with Gasteiger partial charge in [0.25, 0.3) is 0 Å². The van der Waals surface area contributed by atoms with Gasteiger partial charge in [0.2, 0.25) is 0 Å². The molecule has 0 spiro atoms. The van der Waals surface area contributed by atoms with Crippen molar-refractivity contribution in [2.75, 3.05) is 33.2 Å². The summed E-state index contributed by atoms with van der Waals surface area (Å²) in [5.74, 6) is 6.94. The molecule has 2 nitrogen and oxygen atoms in total. The number of hydrogen-bond acceptors (Lipinski definition) is 2. The zero-order valence-electron chi connectivity index (χ0n) is 9.47. The van der Waals surface area contributed by atoms with Crippen LogP contribution in [0.15, 0.2) is 0 Å². The van der Waals surface area contributed by atoms with Gasteiger partial charge < -0.3 is 10.2 Å². The van der Waals surface area contributed by atoms with Gasteiger partial charge in [-0.05, 0) is 45.8 Å². The van der Waals surface area contributed by atoms with Crippen LogP contribution in [0.3, 0.4) is 0 Å². The van der Waals surface area contributed by atoms with Crippen molar-refractivity contribution in [3.05, 3.63) is 0 Å². The first-order valence-electron chi connectivity index (χ1n) is 5.63. The number of hydrogen-bond donors (Lipinski definition) is 1. The van der Waals surface area contributed by atoms with E-state index in [1.165, 1.54) is 25.9 Å². The minimum absolute atomic E-state index is 0.850. The summed E-state index contributed by atoms with van der Waals surface area (Å²) in [4.78, 5) is 2.55. The molecule has 1 aliphatic heterocycles. The fourth-order valence-corrected chi connectivity index (χ4v) is 2.15. The van der Waals surface area contributed by atoms with Crippen molar-refractivity contribution >= 4 is 0 Å². The van der Waals surface area contributed by atoms with E-state index in [1.807, 2.05) is 14.0 Å². The zero-order chi connectivity index (χ0) is 10.2. The SMILES string of the molecule is CC#CCCN1CCCC(CNC)C1. The molecule has 2 heteroatoms. The Morgan fingerprint density at radius 3 is 3.07 bits per heavy atom. The van der Waals surface area contributed by atoms with Gasteiger partial charge in [-0.1, -0.05) is 0 Å². The van der Waals surface area contributed by atoms with E-state index in [0.29, 0.717) is 0 Å². The highest BCUT2D eigenvalue weighted by Crippen LogP contribution is 2.15. The minimum atomic E-state index is 0.850. The second kappa shape index (κ2) is 6.86. The van der Waals surface area contributed by atoms with Gasteiger partial charge in [-0.15, -0.1) is 11.8 Å². The molecule has 1 rings (SSSR count). The van der Waals surface area contributed by atoms with E-state index < -0.39 is 0 Å². The summed E-state index contributed by atoms with van der Waals surface area (Å²) in [7, 11) is 2.04. The third-order valence-corrected chi connectivity index (χ3v) is 2.83. The van der Waals surface area contributed by atoms with Crippen molar-refractivity contribution in [2.24, 2.45) is 5.92 Å². The fraction of sp³-hybridized carbons (Fsp3) is 0.833. The molecule has 0 aromatic carbocycles. The first-order chi connectivity index (χ1) is 6.86. The summed E-state index contributed by atoms with van der Waals surface area (Å²) in [5, 5.41) is 3.27. The van der Waals surface area contributed by atoms with Crippen molar-refractivity contribution < 1.29 is 0 Å². The first kappa shape index (κ1) is 11.6. The summed E-state index contributed by atoms with van der Waals surface area (Å²) in [6.45, 7) is 6.76. The van der Waals surface area contributed by atoms with Crippen LogP contribution in [-0.4, -0.2) is 38.1 Å². The van der Waals surface area contributed by atoms with Gasteiger partial charge in [-0.2, -0.15) is 0 Å². The molecular formula is C12H22N2. The Morgan fingerprint density at radius 2 is 2.36 bits per heavy atom. The van der Waals surface area contributed by atoms with Crippen LogP contribution >= 0.6 is 0 Å². The van der Waals surface area contributed by atoms with E-state index in [9.17, 15) is 0 Å². The van der Waals surface area contributed by atoms with Crippen molar-refractivity contribution in [1.82, 2.24) is 10.2 Å². The van der Waals surface area contributed by atoms with E-state index in [-0.39, 0.29) is 0 Å². The number of rotatable bonds is 4. The van der Waals surface area contributed by atoms with Crippen LogP contribution in [0.1, 0.15) is 26.2 Å². The maximum absolute atomic E-state index is 3.27. The number of nitrogens with zero attached hydrogens (tertiary/aromatic N) is 1. The van der Waals surface area contributed by atoms with Gasteiger partial charge in [0.1, 0.15) is 0 Å². The fourth-order valence-electron chi connectivity index (χ4n) is 2.15. The van der Waals surface area contributed by atoms with Crippen molar-refractivity contribution in [2.45, 2.75) is 26.2 Å². The molecule has 1 N–H and O–H groups in total. The summed E-state index contributed by atoms with van der Waals surface area (Å²) >= 11 is 0. The molecule has 1 saturated heterocycles. The molecule has 14 heavy (non-hydrogen) atoms. The van der Waals surface area contributed by atoms with Crippen LogP contribution in [0.25, 0.3) is 0 Å². The Kier molecular flexibility index (Phi) is 5.66. The van der Waals surface area contributed by atoms with Crippen LogP contribution in [0.5, 0.6) is 0 Å². The van der Waals surface area contributed by atoms with Crippen LogP contribution in [0.2, 0.25) is 0 Å². The van der Waals surface area contributed by atoms with Gasteiger partial charge in [0.05, 0.1) is 0 Å². The molecule has 1 heterocycles. The summed E-state index contributed by atoms with van der Waals surface area (Å²) in [5.41, 5.74) is 0. The average molecular weight is 194 g/mol. The van der Waals surface area contributed by atoms with Gasteiger partial charge in [-0.25, -0.2) is 0 Å². The normalized spacial score (nSPS) is 22.9. The molecule has 0 aromatic heterocycles. The van der Waals surface area contributed by atoms with E-state index in [2.05, 4.69) is 22.1 Å². The van der Waals surface area contributed by atoms with Crippen molar-refractivity contribution in [3.8, 4) is 11.8 Å². The lowest BCUT2D eigenvalue weighted by atomic mass is 9.98. The Labute approximate surface area is 88.1 Å². The molecule has 80 valence electrons. The predicted molar refractivity (Wildman–Crippen MR) is 61.2 cm³/mol. The van der Waals surface area contributed by atoms with Crippen molar-refractivity contribution in [1.29, 1.82) is 0 Å². The second-order valence-corrected chi connectivity index (χ2v) is 4.04. The summed E-state index contributed by atoms with van der Waals surface area (Å²) < 4.78 is 0. The third kappa shape index (κ3) is 4.13. The minimum Gasteiger partial charge on any atom is -0.319 e. The van der Waals surface area contributed by atoms with Gasteiger partial charge in [-0.3, -0.25) is 0 Å². The highest BCUT2D eigenvalue weighted by atomic mass is 15.1. The van der Waals surface area contributed by atoms with Crippen LogP contribution in [-0.2, 0) is 0 Å². The second-order valence-electron chi connectivity index (χ2n) is 4.04. The lowest BCUT2D eigenvalue weighted by Crippen LogP contribution is -2.39. The Bertz CT molecular complexity index is 200. The monoisotopic (exact) mass is 194 g/mol. The third-order valence-electron chi connectivity index (χ3n) is 2.83. The largest absolute Gasteiger partial charge is 0.319 e. The standard InChI is InChI=1S/C12H22N2/c1-3-4-5-8-14-9-6-7-12(11-14)10-13-2/h12-13H,5-11H2,1-2H3. The first-order valence-corrected chi connectivity index (χ1v) is 5.63. The Morgan fingerprint density at radius 1 is 1.50 bits per heavy atom. The molecule has 1 aliphatic rings. The number of piperidine rings is 1. The van der Waals surface area contributed by atoms with Gasteiger partial charge in [0, 0.05) is 19.5 Å². The zero-order valence-corrected chi connectivity index (χ0v) is 9.47. The topological polar surface area (TPSA) is 15.3 Å². The van der Waals surface area contributed by atoms with E-state index >= 15 is 0 Å². The van der Waals surface area contributed by atoms with Crippen LogP contribution < -0.4 is 5.32 Å². The molecule has 0 aliphatic carbocycles. The van der Waals surface area contributed by atoms with E-state index in [4.69, 9.17) is 0 Å². The Balaban J connectivity index is 2.20. The average Bonchev–Trinajstić information content (AvgIpc) is 2.19. The molecule has 1 unspecified atom stereocenters. The van der Waals surface area contributed by atoms with E-state index in [1.54, 1.807) is 0 Å². The number of likely N-dealkylation sites (tertiary alicyclic amines) is 1. The van der Waals surface area contributed by atoms with Crippen LogP contribution in [0, 0.1) is 17.8 Å². The van der Waals surface area contributed by atoms with E-state index in [0.717, 1.165) is 25.4 Å². The molecular weight excluding hydrogens is 172 g/mol. The number of nitrogens with one attached hydrogen (secondary N) is 1. The summed E-state index contributed by atoms with van der Waals surface area (Å²) in [6, 6.07) is 0. The molecule has 0 saturated carbocycles. The Hall–Kier alpha value is -0.520. The van der Waals surface area contributed by atoms with Gasteiger partial charge in [0.15, 0.2) is 0 Å². The maximum atomic E-state index is 3.27. The van der Waals surface area contributed by atoms with Crippen LogP contribution in [0.4, 0.5) is 0 Å². The molecule has 1 fully saturated rings. The highest BCUT2D eigenvalue weighted by molar-refractivity contribution is 4.95. The van der Waals surface area contributed by atoms with Gasteiger partial charge >= 0.3 is 0 Å².